The second-order valence-electron chi connectivity index (χ2n) is 3.69. The highest BCUT2D eigenvalue weighted by Gasteiger charge is 2.12. The normalized spacial score (nSPS) is 10.6. The van der Waals surface area contributed by atoms with Gasteiger partial charge in [0.2, 0.25) is 5.82 Å². The summed E-state index contributed by atoms with van der Waals surface area (Å²) in [7, 11) is 0. The summed E-state index contributed by atoms with van der Waals surface area (Å²) in [5.41, 5.74) is 1.04. The molecule has 0 bridgehead atoms. The van der Waals surface area contributed by atoms with Crippen molar-refractivity contribution in [2.75, 3.05) is 0 Å². The molecule has 1 nitrogen and oxygen atoms in total. The van der Waals surface area contributed by atoms with Crippen molar-refractivity contribution >= 4 is 47.8 Å². The highest BCUT2D eigenvalue weighted by atomic mass is 79.9. The van der Waals surface area contributed by atoms with Gasteiger partial charge in [0.05, 0.1) is 0 Å². The second-order valence-corrected chi connectivity index (χ2v) is 6.02. The lowest BCUT2D eigenvalue weighted by molar-refractivity contribution is 0.415. The summed E-state index contributed by atoms with van der Waals surface area (Å²) in [6.45, 7) is 0. The van der Waals surface area contributed by atoms with Crippen LogP contribution in [0.1, 0.15) is 5.56 Å². The first kappa shape index (κ1) is 14.9. The molecule has 6 heteroatoms. The van der Waals surface area contributed by atoms with Gasteiger partial charge in [0.15, 0.2) is 11.6 Å². The lowest BCUT2D eigenvalue weighted by Crippen LogP contribution is -1.93. The number of benzene rings is 2. The molecule has 0 fully saturated rings. The average Bonchev–Trinajstić information content (AvgIpc) is 2.35. The zero-order valence-corrected chi connectivity index (χ0v) is 14.1. The summed E-state index contributed by atoms with van der Waals surface area (Å²) in [5, 5.41) is 0.688. The van der Waals surface area contributed by atoms with Gasteiger partial charge in [-0.15, -0.1) is 0 Å². The number of ether oxygens (including phenoxy) is 1. The topological polar surface area (TPSA) is 9.23 Å². The molecule has 0 heterocycles. The van der Waals surface area contributed by atoms with E-state index in [-0.39, 0.29) is 5.75 Å². The lowest BCUT2D eigenvalue weighted by atomic mass is 10.2. The van der Waals surface area contributed by atoms with E-state index in [1.54, 1.807) is 12.1 Å². The van der Waals surface area contributed by atoms with E-state index < -0.39 is 11.6 Å². The number of alkyl halides is 1. The average molecular weight is 457 g/mol. The molecule has 0 saturated heterocycles. The maximum atomic E-state index is 13.6. The van der Waals surface area contributed by atoms with Crippen molar-refractivity contribution in [1.82, 2.24) is 0 Å². The molecular formula is C13H7Br3F2O. The molecule has 2 aromatic rings. The van der Waals surface area contributed by atoms with Crippen LogP contribution in [0.4, 0.5) is 8.78 Å². The molecule has 0 spiro atoms. The molecule has 0 N–H and O–H groups in total. The summed E-state index contributed by atoms with van der Waals surface area (Å²) in [6.07, 6.45) is 0. The molecule has 100 valence electrons. The maximum Gasteiger partial charge on any atom is 0.201 e. The van der Waals surface area contributed by atoms with E-state index in [9.17, 15) is 8.78 Å². The van der Waals surface area contributed by atoms with E-state index in [2.05, 4.69) is 47.8 Å². The Labute approximate surface area is 134 Å². The van der Waals surface area contributed by atoms with Crippen LogP contribution in [-0.4, -0.2) is 0 Å². The molecule has 19 heavy (non-hydrogen) atoms. The van der Waals surface area contributed by atoms with Gasteiger partial charge in [0, 0.05) is 14.3 Å². The van der Waals surface area contributed by atoms with Crippen LogP contribution in [0.5, 0.6) is 11.5 Å². The fourth-order valence-electron chi connectivity index (χ4n) is 1.43. The largest absolute Gasteiger partial charge is 0.454 e. The Morgan fingerprint density at radius 1 is 1.05 bits per heavy atom. The molecule has 0 aliphatic rings. The first-order valence-corrected chi connectivity index (χ1v) is 7.89. The van der Waals surface area contributed by atoms with Gasteiger partial charge in [-0.05, 0) is 29.8 Å². The van der Waals surface area contributed by atoms with Crippen LogP contribution < -0.4 is 4.74 Å². The quantitative estimate of drug-likeness (QED) is 0.396. The molecule has 0 aliphatic carbocycles. The monoisotopic (exact) mass is 454 g/mol. The molecule has 0 aliphatic heterocycles. The van der Waals surface area contributed by atoms with Crippen molar-refractivity contribution in [3.8, 4) is 11.5 Å². The predicted molar refractivity (Wildman–Crippen MR) is 80.9 cm³/mol. The Morgan fingerprint density at radius 2 is 1.79 bits per heavy atom. The van der Waals surface area contributed by atoms with Gasteiger partial charge >= 0.3 is 0 Å². The van der Waals surface area contributed by atoms with Crippen molar-refractivity contribution in [2.24, 2.45) is 0 Å². The summed E-state index contributed by atoms with van der Waals surface area (Å²) in [5.74, 6) is -1.71. The van der Waals surface area contributed by atoms with Crippen molar-refractivity contribution in [2.45, 2.75) is 5.33 Å². The van der Waals surface area contributed by atoms with E-state index in [4.69, 9.17) is 4.74 Å². The fourth-order valence-corrected chi connectivity index (χ4v) is 3.21. The first-order valence-electron chi connectivity index (χ1n) is 5.18. The van der Waals surface area contributed by atoms with Crippen molar-refractivity contribution in [3.63, 3.8) is 0 Å². The van der Waals surface area contributed by atoms with E-state index in [1.807, 2.05) is 6.07 Å². The molecule has 2 rings (SSSR count). The van der Waals surface area contributed by atoms with Gasteiger partial charge in [0.1, 0.15) is 5.75 Å². The number of halogens is 5. The van der Waals surface area contributed by atoms with Crippen LogP contribution in [0.25, 0.3) is 0 Å². The third kappa shape index (κ3) is 3.55. The Kier molecular flexibility index (Phi) is 4.97. The third-order valence-corrected chi connectivity index (χ3v) is 4.16. The Morgan fingerprint density at radius 3 is 2.42 bits per heavy atom. The van der Waals surface area contributed by atoms with E-state index >= 15 is 0 Å². The van der Waals surface area contributed by atoms with Gasteiger partial charge < -0.3 is 4.74 Å². The molecule has 2 aromatic carbocycles. The van der Waals surface area contributed by atoms with Gasteiger partial charge in [-0.1, -0.05) is 53.9 Å². The van der Waals surface area contributed by atoms with Gasteiger partial charge in [-0.3, -0.25) is 0 Å². The van der Waals surface area contributed by atoms with Gasteiger partial charge in [-0.2, -0.15) is 4.39 Å². The lowest BCUT2D eigenvalue weighted by Gasteiger charge is -2.09. The fraction of sp³-hybridized carbons (Fsp3) is 0.0769. The highest BCUT2D eigenvalue weighted by Crippen LogP contribution is 2.32. The SMILES string of the molecule is Fc1cc(Br)cc(Oc2ccc(CBr)c(Br)c2)c1F. The van der Waals surface area contributed by atoms with E-state index in [0.29, 0.717) is 15.6 Å². The zero-order chi connectivity index (χ0) is 14.0. The summed E-state index contributed by atoms with van der Waals surface area (Å²) in [6, 6.07) is 7.66. The van der Waals surface area contributed by atoms with Crippen LogP contribution in [0.15, 0.2) is 39.3 Å². The highest BCUT2D eigenvalue weighted by molar-refractivity contribution is 9.11. The summed E-state index contributed by atoms with van der Waals surface area (Å²) < 4.78 is 33.4. The zero-order valence-electron chi connectivity index (χ0n) is 9.39. The van der Waals surface area contributed by atoms with Crippen molar-refractivity contribution in [1.29, 1.82) is 0 Å². The third-order valence-electron chi connectivity index (χ3n) is 2.36. The van der Waals surface area contributed by atoms with Gasteiger partial charge in [-0.25, -0.2) is 4.39 Å². The van der Waals surface area contributed by atoms with Crippen LogP contribution in [0, 0.1) is 11.6 Å². The second kappa shape index (κ2) is 6.33. The smallest absolute Gasteiger partial charge is 0.201 e. The standard InChI is InChI=1S/C13H7Br3F2O/c14-6-7-1-2-9(5-10(7)16)19-12-4-8(15)3-11(17)13(12)18/h1-5H,6H2. The van der Waals surface area contributed by atoms with Gasteiger partial charge in [0.25, 0.3) is 0 Å². The molecule has 0 saturated carbocycles. The van der Waals surface area contributed by atoms with Crippen molar-refractivity contribution < 1.29 is 13.5 Å². The summed E-state index contributed by atoms with van der Waals surface area (Å²) in [4.78, 5) is 0. The Hall–Kier alpha value is -0.460. The minimum Gasteiger partial charge on any atom is -0.454 e. The molecule has 0 unspecified atom stereocenters. The molecular weight excluding hydrogens is 450 g/mol. The van der Waals surface area contributed by atoms with Crippen LogP contribution in [0.2, 0.25) is 0 Å². The minimum absolute atomic E-state index is 0.162. The number of hydrogen-bond acceptors (Lipinski definition) is 1. The molecule has 0 radical (unpaired) electrons. The summed E-state index contributed by atoms with van der Waals surface area (Å²) >= 11 is 9.82. The van der Waals surface area contributed by atoms with E-state index in [0.717, 1.165) is 16.1 Å². The minimum atomic E-state index is -1.01. The maximum absolute atomic E-state index is 13.6. The van der Waals surface area contributed by atoms with Crippen LogP contribution in [0.3, 0.4) is 0 Å². The molecule has 0 atom stereocenters. The van der Waals surface area contributed by atoms with E-state index in [1.165, 1.54) is 6.07 Å². The molecule has 0 amide bonds. The first-order chi connectivity index (χ1) is 9.01. The van der Waals surface area contributed by atoms with Crippen molar-refractivity contribution in [3.05, 3.63) is 56.5 Å². The number of hydrogen-bond donors (Lipinski definition) is 0. The predicted octanol–water partition coefficient (Wildman–Crippen LogP) is 6.18. The van der Waals surface area contributed by atoms with Crippen LogP contribution >= 0.6 is 47.8 Å². The molecule has 0 aromatic heterocycles. The Balaban J connectivity index is 2.33. The van der Waals surface area contributed by atoms with Crippen LogP contribution in [-0.2, 0) is 5.33 Å². The Bertz CT molecular complexity index is 617. The number of rotatable bonds is 3.